The third-order valence-electron chi connectivity index (χ3n) is 2.70. The van der Waals surface area contributed by atoms with E-state index >= 15 is 0 Å². The van der Waals surface area contributed by atoms with Crippen molar-refractivity contribution in [2.75, 3.05) is 17.2 Å². The monoisotopic (exact) mass is 324 g/mol. The van der Waals surface area contributed by atoms with Crippen LogP contribution in [0.15, 0.2) is 18.3 Å². The molecule has 2 heterocycles. The minimum absolute atomic E-state index is 0.0309. The van der Waals surface area contributed by atoms with Gasteiger partial charge in [0.15, 0.2) is 11.6 Å². The Bertz CT molecular complexity index is 793. The average molecular weight is 325 g/mol. The van der Waals surface area contributed by atoms with Crippen LogP contribution in [0.25, 0.3) is 11.0 Å². The molecule has 1 aromatic carbocycles. The molecule has 6 nitrogen and oxygen atoms in total. The zero-order valence-electron chi connectivity index (χ0n) is 10.9. The van der Waals surface area contributed by atoms with Crippen molar-refractivity contribution in [1.29, 1.82) is 0 Å². The number of rotatable bonds is 4. The molecule has 9 heteroatoms. The van der Waals surface area contributed by atoms with Gasteiger partial charge in [-0.15, -0.1) is 0 Å². The van der Waals surface area contributed by atoms with Crippen LogP contribution in [0.5, 0.6) is 0 Å². The van der Waals surface area contributed by atoms with E-state index in [2.05, 4.69) is 29.3 Å². The van der Waals surface area contributed by atoms with E-state index in [1.165, 1.54) is 0 Å². The largest absolute Gasteiger partial charge is 0.354 e. The molecule has 0 fully saturated rings. The van der Waals surface area contributed by atoms with Gasteiger partial charge in [-0.1, -0.05) is 11.6 Å². The van der Waals surface area contributed by atoms with E-state index in [1.807, 2.05) is 6.92 Å². The number of fused-ring (bicyclic) bond motifs is 1. The van der Waals surface area contributed by atoms with Crippen LogP contribution in [0.3, 0.4) is 0 Å². The standard InChI is InChI=1S/C12H10ClFN6S/c1-2-15-12-16-5-7(14)11(18-12)17-9-6(13)3-4-8-10(9)20-21-19-8/h3-5H,2H2,1H3,(H2,15,16,17,18). The quantitative estimate of drug-likeness (QED) is 0.765. The van der Waals surface area contributed by atoms with Gasteiger partial charge in [-0.3, -0.25) is 0 Å². The van der Waals surface area contributed by atoms with Crippen molar-refractivity contribution in [3.05, 3.63) is 29.2 Å². The first-order chi connectivity index (χ1) is 10.2. The minimum atomic E-state index is -0.576. The molecule has 3 rings (SSSR count). The van der Waals surface area contributed by atoms with Gasteiger partial charge in [0, 0.05) is 6.54 Å². The zero-order chi connectivity index (χ0) is 14.8. The second-order valence-corrected chi connectivity index (χ2v) is 5.04. The summed E-state index contributed by atoms with van der Waals surface area (Å²) in [6.45, 7) is 2.54. The first-order valence-corrected chi connectivity index (χ1v) is 7.24. The molecule has 0 unspecified atom stereocenters. The molecule has 0 atom stereocenters. The lowest BCUT2D eigenvalue weighted by atomic mass is 10.2. The van der Waals surface area contributed by atoms with Crippen molar-refractivity contribution in [3.8, 4) is 0 Å². The van der Waals surface area contributed by atoms with Gasteiger partial charge in [0.25, 0.3) is 0 Å². The number of nitrogens with zero attached hydrogens (tertiary/aromatic N) is 4. The fourth-order valence-electron chi connectivity index (χ4n) is 1.76. The van der Waals surface area contributed by atoms with Crippen LogP contribution in [0.4, 0.5) is 21.8 Å². The van der Waals surface area contributed by atoms with E-state index in [9.17, 15) is 4.39 Å². The minimum Gasteiger partial charge on any atom is -0.354 e. The van der Waals surface area contributed by atoms with Crippen molar-refractivity contribution >= 4 is 51.8 Å². The first-order valence-electron chi connectivity index (χ1n) is 6.13. The summed E-state index contributed by atoms with van der Waals surface area (Å²) in [6, 6.07) is 3.44. The van der Waals surface area contributed by atoms with Crippen molar-refractivity contribution < 1.29 is 4.39 Å². The number of nitrogens with one attached hydrogen (secondary N) is 2. The lowest BCUT2D eigenvalue weighted by Gasteiger charge is -2.10. The van der Waals surface area contributed by atoms with Gasteiger partial charge in [-0.05, 0) is 19.1 Å². The highest BCUT2D eigenvalue weighted by Crippen LogP contribution is 2.32. The number of aromatic nitrogens is 4. The summed E-state index contributed by atoms with van der Waals surface area (Å²) in [5.74, 6) is -0.211. The van der Waals surface area contributed by atoms with Gasteiger partial charge < -0.3 is 10.6 Å². The number of anilines is 3. The van der Waals surface area contributed by atoms with E-state index < -0.39 is 5.82 Å². The summed E-state index contributed by atoms with van der Waals surface area (Å²) in [6.07, 6.45) is 1.10. The van der Waals surface area contributed by atoms with E-state index in [1.54, 1.807) is 12.1 Å². The van der Waals surface area contributed by atoms with Crippen LogP contribution in [-0.2, 0) is 0 Å². The maximum atomic E-state index is 13.9. The van der Waals surface area contributed by atoms with Crippen LogP contribution in [0.1, 0.15) is 6.92 Å². The summed E-state index contributed by atoms with van der Waals surface area (Å²) in [7, 11) is 0. The molecule has 2 N–H and O–H groups in total. The van der Waals surface area contributed by atoms with Crippen LogP contribution in [0, 0.1) is 5.82 Å². The summed E-state index contributed by atoms with van der Waals surface area (Å²) < 4.78 is 22.2. The van der Waals surface area contributed by atoms with E-state index in [4.69, 9.17) is 11.6 Å². The lowest BCUT2D eigenvalue weighted by Crippen LogP contribution is -2.06. The van der Waals surface area contributed by atoms with Crippen molar-refractivity contribution in [2.24, 2.45) is 0 Å². The maximum absolute atomic E-state index is 13.9. The normalized spacial score (nSPS) is 10.8. The van der Waals surface area contributed by atoms with Gasteiger partial charge in [0.05, 0.1) is 28.6 Å². The van der Waals surface area contributed by atoms with E-state index in [0.717, 1.165) is 17.9 Å². The van der Waals surface area contributed by atoms with Crippen LogP contribution in [0.2, 0.25) is 5.02 Å². The second-order valence-electron chi connectivity index (χ2n) is 4.10. The molecular formula is C12H10ClFN6S. The second kappa shape index (κ2) is 5.74. The molecule has 108 valence electrons. The van der Waals surface area contributed by atoms with E-state index in [0.29, 0.717) is 34.2 Å². The molecule has 0 aliphatic carbocycles. The highest BCUT2D eigenvalue weighted by molar-refractivity contribution is 7.00. The van der Waals surface area contributed by atoms with Gasteiger partial charge in [-0.25, -0.2) is 9.37 Å². The Labute approximate surface area is 128 Å². The SMILES string of the molecule is CCNc1ncc(F)c(Nc2c(Cl)ccc3nsnc23)n1. The summed E-state index contributed by atoms with van der Waals surface area (Å²) in [4.78, 5) is 7.93. The topological polar surface area (TPSA) is 75.6 Å². The number of benzene rings is 1. The van der Waals surface area contributed by atoms with Crippen molar-refractivity contribution in [1.82, 2.24) is 18.7 Å². The Hall–Kier alpha value is -2.06. The van der Waals surface area contributed by atoms with Gasteiger partial charge in [0.1, 0.15) is 11.0 Å². The lowest BCUT2D eigenvalue weighted by molar-refractivity contribution is 0.619. The molecule has 0 saturated heterocycles. The van der Waals surface area contributed by atoms with Crippen molar-refractivity contribution in [2.45, 2.75) is 6.92 Å². The highest BCUT2D eigenvalue weighted by atomic mass is 35.5. The molecule has 0 aliphatic heterocycles. The smallest absolute Gasteiger partial charge is 0.224 e. The molecule has 0 saturated carbocycles. The number of hydrogen-bond donors (Lipinski definition) is 2. The Morgan fingerprint density at radius 1 is 1.33 bits per heavy atom. The van der Waals surface area contributed by atoms with Crippen LogP contribution in [-0.4, -0.2) is 25.3 Å². The van der Waals surface area contributed by atoms with Crippen LogP contribution < -0.4 is 10.6 Å². The number of hydrogen-bond acceptors (Lipinski definition) is 7. The molecule has 0 amide bonds. The Kier molecular flexibility index (Phi) is 3.80. The maximum Gasteiger partial charge on any atom is 0.224 e. The van der Waals surface area contributed by atoms with Crippen LogP contribution >= 0.6 is 23.3 Å². The third-order valence-corrected chi connectivity index (χ3v) is 3.56. The van der Waals surface area contributed by atoms with Gasteiger partial charge in [0.2, 0.25) is 5.95 Å². The molecule has 0 aliphatic rings. The molecular weight excluding hydrogens is 315 g/mol. The highest BCUT2D eigenvalue weighted by Gasteiger charge is 2.14. The Morgan fingerprint density at radius 3 is 3.00 bits per heavy atom. The summed E-state index contributed by atoms with van der Waals surface area (Å²) in [5, 5.41) is 6.21. The molecule has 3 aromatic rings. The predicted octanol–water partition coefficient (Wildman–Crippen LogP) is 3.45. The first kappa shape index (κ1) is 13.9. The predicted molar refractivity (Wildman–Crippen MR) is 81.9 cm³/mol. The fourth-order valence-corrected chi connectivity index (χ4v) is 2.50. The fraction of sp³-hybridized carbons (Fsp3) is 0.167. The summed E-state index contributed by atoms with van der Waals surface area (Å²) in [5.41, 5.74) is 1.74. The molecule has 2 aromatic heterocycles. The Morgan fingerprint density at radius 2 is 2.19 bits per heavy atom. The summed E-state index contributed by atoms with van der Waals surface area (Å²) >= 11 is 7.22. The van der Waals surface area contributed by atoms with Gasteiger partial charge in [-0.2, -0.15) is 13.7 Å². The van der Waals surface area contributed by atoms with Gasteiger partial charge >= 0.3 is 0 Å². The zero-order valence-corrected chi connectivity index (χ0v) is 12.5. The Balaban J connectivity index is 2.04. The van der Waals surface area contributed by atoms with E-state index in [-0.39, 0.29) is 5.82 Å². The molecule has 21 heavy (non-hydrogen) atoms. The third kappa shape index (κ3) is 2.72. The molecule has 0 radical (unpaired) electrons. The molecule has 0 bridgehead atoms. The van der Waals surface area contributed by atoms with Crippen molar-refractivity contribution in [3.63, 3.8) is 0 Å². The number of halogens is 2. The molecule has 0 spiro atoms. The average Bonchev–Trinajstić information content (AvgIpc) is 2.94.